The number of rotatable bonds is 6. The smallest absolute Gasteiger partial charge is 0.181 e. The summed E-state index contributed by atoms with van der Waals surface area (Å²) in [5.74, 6) is 0.00333. The Morgan fingerprint density at radius 1 is 1.17 bits per heavy atom. The van der Waals surface area contributed by atoms with Crippen LogP contribution < -0.4 is 16.7 Å². The second-order valence-electron chi connectivity index (χ2n) is 10.7. The molecule has 0 saturated carbocycles. The molecule has 0 aliphatic carbocycles. The third-order valence-corrected chi connectivity index (χ3v) is 10.2. The van der Waals surface area contributed by atoms with E-state index in [1.54, 1.807) is 35.0 Å². The van der Waals surface area contributed by atoms with Crippen molar-refractivity contribution in [2.24, 2.45) is 0 Å². The number of nitrogen functional groups attached to an aromatic ring is 1. The van der Waals surface area contributed by atoms with Gasteiger partial charge in [-0.3, -0.25) is 9.78 Å². The molecule has 0 amide bonds. The number of nitrogens with one attached hydrogen (secondary N) is 2. The number of hydrogen-bond donors (Lipinski definition) is 3. The number of carbonyl (C=O) groups excluding carboxylic acids is 1. The van der Waals surface area contributed by atoms with E-state index in [0.29, 0.717) is 35.4 Å². The fourth-order valence-electron chi connectivity index (χ4n) is 6.42. The molecule has 4 N–H and O–H groups in total. The van der Waals surface area contributed by atoms with Crippen molar-refractivity contribution in [2.45, 2.75) is 55.5 Å². The van der Waals surface area contributed by atoms with E-state index in [-0.39, 0.29) is 16.8 Å². The molecule has 0 radical (unpaired) electrons. The zero-order chi connectivity index (χ0) is 28.5. The number of hydrazine groups is 3. The van der Waals surface area contributed by atoms with Crippen molar-refractivity contribution in [3.8, 4) is 21.8 Å². The molecule has 4 aromatic heterocycles. The molecule has 2 bridgehead atoms. The average molecular weight is 593 g/mol. The Balaban J connectivity index is 1.42. The van der Waals surface area contributed by atoms with Gasteiger partial charge in [0, 0.05) is 46.9 Å². The minimum atomic E-state index is -3.82. The van der Waals surface area contributed by atoms with Crippen LogP contribution >= 0.6 is 11.3 Å². The molecule has 3 aliphatic heterocycles. The maximum Gasteiger partial charge on any atom is 0.181 e. The number of sulfone groups is 1. The summed E-state index contributed by atoms with van der Waals surface area (Å²) < 4.78 is 28.0. The summed E-state index contributed by atoms with van der Waals surface area (Å²) in [5.41, 5.74) is 15.1. The molecule has 0 aromatic carbocycles. The number of nitrogens with two attached hydrogens (primary N) is 1. The predicted octanol–water partition coefficient (Wildman–Crippen LogP) is 2.33. The number of pyridine rings is 1. The van der Waals surface area contributed by atoms with Gasteiger partial charge in [0.25, 0.3) is 0 Å². The number of piperidine rings is 1. The van der Waals surface area contributed by atoms with Crippen LogP contribution in [0, 0.1) is 6.92 Å². The van der Waals surface area contributed by atoms with E-state index in [4.69, 9.17) is 10.7 Å². The van der Waals surface area contributed by atoms with Crippen molar-refractivity contribution < 1.29 is 13.2 Å². The maximum absolute atomic E-state index is 13.3. The van der Waals surface area contributed by atoms with Crippen LogP contribution in [0.2, 0.25) is 0 Å². The van der Waals surface area contributed by atoms with E-state index >= 15 is 0 Å². The number of anilines is 1. The Kier molecular flexibility index (Phi) is 5.90. The third-order valence-electron chi connectivity index (χ3n) is 8.14. The number of fused-ring (bicyclic) bond motifs is 3. The van der Waals surface area contributed by atoms with E-state index in [1.165, 1.54) is 4.52 Å². The van der Waals surface area contributed by atoms with Gasteiger partial charge in [-0.25, -0.2) is 23.5 Å². The lowest BCUT2D eigenvalue weighted by molar-refractivity contribution is -0.148. The highest BCUT2D eigenvalue weighted by Gasteiger charge is 2.56. The minimum Gasteiger partial charge on any atom is -0.382 e. The van der Waals surface area contributed by atoms with Crippen LogP contribution in [-0.4, -0.2) is 61.7 Å². The third kappa shape index (κ3) is 3.94. The largest absolute Gasteiger partial charge is 0.382 e. The standard InChI is InChI=1S/C26H28N10O3S2/c1-15-10-29-25(40-15)20-6-5-16(11-28-20)19-13-31-34-23(27)21(41(2,38)39)22(32-24(19)34)26-8-3-4-17(7-9-26)35(26)36-18(14-37)12-30-33-36/h5-6,10-14,17,30,33H,3-4,7-9,27H2,1-2H3/t17-,26+/m0/s1. The Morgan fingerprint density at radius 3 is 2.73 bits per heavy atom. The monoisotopic (exact) mass is 592 g/mol. The highest BCUT2D eigenvalue weighted by atomic mass is 32.2. The Bertz CT molecular complexity index is 1830. The Morgan fingerprint density at radius 2 is 2.02 bits per heavy atom. The van der Waals surface area contributed by atoms with E-state index in [1.807, 2.05) is 25.3 Å². The van der Waals surface area contributed by atoms with Crippen LogP contribution in [0.4, 0.5) is 5.82 Å². The number of nitrogens with zero attached hydrogens (tertiary/aromatic N) is 7. The molecule has 2 saturated heterocycles. The summed E-state index contributed by atoms with van der Waals surface area (Å²) in [6.07, 6.45) is 12.6. The highest BCUT2D eigenvalue weighted by molar-refractivity contribution is 7.91. The number of allylic oxidation sites excluding steroid dienone is 1. The molecule has 7 rings (SSSR count). The van der Waals surface area contributed by atoms with Crippen LogP contribution in [0.3, 0.4) is 0 Å². The molecule has 2 fully saturated rings. The summed E-state index contributed by atoms with van der Waals surface area (Å²) >= 11 is 1.57. The molecule has 15 heteroatoms. The average Bonchev–Trinajstić information content (AvgIpc) is 3.73. The summed E-state index contributed by atoms with van der Waals surface area (Å²) in [7, 11) is -3.82. The highest BCUT2D eigenvalue weighted by Crippen LogP contribution is 2.53. The van der Waals surface area contributed by atoms with Gasteiger partial charge in [0.05, 0.1) is 23.1 Å². The van der Waals surface area contributed by atoms with E-state index in [9.17, 15) is 13.2 Å². The topological polar surface area (TPSA) is 164 Å². The normalized spacial score (nSPS) is 22.7. The molecular formula is C26H28N10O3S2. The van der Waals surface area contributed by atoms with Crippen LogP contribution in [0.15, 0.2) is 47.5 Å². The lowest BCUT2D eigenvalue weighted by Crippen LogP contribution is -2.61. The second-order valence-corrected chi connectivity index (χ2v) is 13.9. The SMILES string of the molecule is Cc1cnc(-c2ccc(-c3cnn4c(N)c(S(C)(=O)=O)c([C@@]56CCC[C@@H](CC5)N6N5NNC=C5C=O)nc34)cn2)s1. The van der Waals surface area contributed by atoms with Crippen LogP contribution in [0.25, 0.3) is 27.5 Å². The van der Waals surface area contributed by atoms with Gasteiger partial charge in [0.2, 0.25) is 0 Å². The van der Waals surface area contributed by atoms with Gasteiger partial charge >= 0.3 is 0 Å². The van der Waals surface area contributed by atoms with Crippen LogP contribution in [0.1, 0.15) is 42.7 Å². The van der Waals surface area contributed by atoms with Crippen LogP contribution in [0.5, 0.6) is 0 Å². The summed E-state index contributed by atoms with van der Waals surface area (Å²) in [4.78, 5) is 27.1. The molecule has 13 nitrogen and oxygen atoms in total. The number of aromatic nitrogens is 5. The van der Waals surface area contributed by atoms with Gasteiger partial charge in [0.1, 0.15) is 21.4 Å². The molecular weight excluding hydrogens is 564 g/mol. The molecule has 2 atom stereocenters. The lowest BCUT2D eigenvalue weighted by atomic mass is 9.85. The van der Waals surface area contributed by atoms with Gasteiger partial charge in [0.15, 0.2) is 21.8 Å². The fraction of sp³-hybridized carbons (Fsp3) is 0.346. The first-order valence-electron chi connectivity index (χ1n) is 13.2. The molecule has 0 unspecified atom stereocenters. The Labute approximate surface area is 239 Å². The van der Waals surface area contributed by atoms with E-state index in [0.717, 1.165) is 52.9 Å². The number of thiazole rings is 1. The van der Waals surface area contributed by atoms with Crippen molar-refractivity contribution in [1.29, 1.82) is 0 Å². The maximum atomic E-state index is 13.3. The van der Waals surface area contributed by atoms with Crippen molar-refractivity contribution in [2.75, 3.05) is 12.0 Å². The van der Waals surface area contributed by atoms with Crippen molar-refractivity contribution in [3.05, 3.63) is 53.2 Å². The van der Waals surface area contributed by atoms with Crippen molar-refractivity contribution >= 4 is 38.9 Å². The first kappa shape index (κ1) is 26.0. The second kappa shape index (κ2) is 9.30. The predicted molar refractivity (Wildman–Crippen MR) is 152 cm³/mol. The van der Waals surface area contributed by atoms with E-state index < -0.39 is 15.4 Å². The number of hydrogen-bond acceptors (Lipinski definition) is 13. The van der Waals surface area contributed by atoms with Gasteiger partial charge < -0.3 is 11.2 Å². The van der Waals surface area contributed by atoms with Gasteiger partial charge in [-0.1, -0.05) is 6.07 Å². The molecule has 0 spiro atoms. The molecule has 7 heterocycles. The summed E-state index contributed by atoms with van der Waals surface area (Å²) in [6.45, 7) is 2.00. The zero-order valence-electron chi connectivity index (χ0n) is 22.4. The quantitative estimate of drug-likeness (QED) is 0.280. The molecule has 41 heavy (non-hydrogen) atoms. The van der Waals surface area contributed by atoms with Gasteiger partial charge in [-0.15, -0.1) is 16.9 Å². The number of carbonyl (C=O) groups is 1. The van der Waals surface area contributed by atoms with Crippen molar-refractivity contribution in [1.82, 2.24) is 45.7 Å². The minimum absolute atomic E-state index is 0.00333. The van der Waals surface area contributed by atoms with Gasteiger partial charge in [-0.05, 0) is 45.1 Å². The first-order valence-corrected chi connectivity index (χ1v) is 15.9. The molecule has 3 aliphatic rings. The number of aldehydes is 1. The number of aryl methyl sites for hydroxylation is 1. The summed E-state index contributed by atoms with van der Waals surface area (Å²) in [5, 5.41) is 9.03. The van der Waals surface area contributed by atoms with Crippen LogP contribution in [-0.2, 0) is 20.2 Å². The Hall–Kier alpha value is -3.92. The zero-order valence-corrected chi connectivity index (χ0v) is 24.0. The van der Waals surface area contributed by atoms with Gasteiger partial charge in [-0.2, -0.15) is 14.6 Å². The molecule has 212 valence electrons. The first-order chi connectivity index (χ1) is 19.7. The van der Waals surface area contributed by atoms with Crippen molar-refractivity contribution in [3.63, 3.8) is 0 Å². The fourth-order valence-corrected chi connectivity index (χ4v) is 8.22. The summed E-state index contributed by atoms with van der Waals surface area (Å²) in [6, 6.07) is 3.91. The van der Waals surface area contributed by atoms with E-state index in [2.05, 4.69) is 31.0 Å². The molecule has 4 aromatic rings. The lowest BCUT2D eigenvalue weighted by Gasteiger charge is -2.49.